The van der Waals surface area contributed by atoms with Crippen LogP contribution in [0.3, 0.4) is 0 Å². The van der Waals surface area contributed by atoms with Gasteiger partial charge >= 0.3 is 6.18 Å². The molecule has 0 spiro atoms. The van der Waals surface area contributed by atoms with Gasteiger partial charge in [0, 0.05) is 23.0 Å². The Labute approximate surface area is 163 Å². The summed E-state index contributed by atoms with van der Waals surface area (Å²) in [6.07, 6.45) is -1.62. The minimum absolute atomic E-state index is 0.136. The average Bonchev–Trinajstić information content (AvgIpc) is 3.25. The summed E-state index contributed by atoms with van der Waals surface area (Å²) >= 11 is 0. The first-order valence-electron chi connectivity index (χ1n) is 8.50. The first-order chi connectivity index (χ1) is 13.7. The fourth-order valence-corrected chi connectivity index (χ4v) is 2.89. The molecule has 0 saturated heterocycles. The molecule has 0 atom stereocenters. The topological polar surface area (TPSA) is 85.6 Å². The van der Waals surface area contributed by atoms with Crippen LogP contribution in [-0.4, -0.2) is 15.7 Å². The summed E-state index contributed by atoms with van der Waals surface area (Å²) in [5, 5.41) is 15.1. The number of nitro benzene ring substituents is 1. The summed E-state index contributed by atoms with van der Waals surface area (Å²) in [5.41, 5.74) is 3.13. The molecule has 10 heteroatoms. The molecule has 0 radical (unpaired) electrons. The predicted molar refractivity (Wildman–Crippen MR) is 101 cm³/mol. The predicted octanol–water partition coefficient (Wildman–Crippen LogP) is 5.12. The van der Waals surface area contributed by atoms with E-state index in [4.69, 9.17) is 4.42 Å². The third kappa shape index (κ3) is 4.48. The molecule has 29 heavy (non-hydrogen) atoms. The van der Waals surface area contributed by atoms with Crippen molar-refractivity contribution in [2.75, 3.05) is 5.43 Å². The van der Waals surface area contributed by atoms with Gasteiger partial charge in [0.2, 0.25) is 0 Å². The Kier molecular flexibility index (Phi) is 5.44. The first kappa shape index (κ1) is 20.2. The van der Waals surface area contributed by atoms with Crippen LogP contribution < -0.4 is 5.43 Å². The maximum Gasteiger partial charge on any atom is 0.416 e. The summed E-state index contributed by atoms with van der Waals surface area (Å²) in [6.45, 7) is 4.34. The van der Waals surface area contributed by atoms with Crippen molar-refractivity contribution in [3.05, 3.63) is 81.1 Å². The maximum atomic E-state index is 12.8. The van der Waals surface area contributed by atoms with Gasteiger partial charge in [-0.2, -0.15) is 18.3 Å². The lowest BCUT2D eigenvalue weighted by atomic mass is 10.1. The molecular weight excluding hydrogens is 389 g/mol. The molecule has 1 N–H and O–H groups in total. The number of hydrogen-bond acceptors (Lipinski definition) is 5. The van der Waals surface area contributed by atoms with Crippen molar-refractivity contribution < 1.29 is 22.5 Å². The molecule has 0 unspecified atom stereocenters. The van der Waals surface area contributed by atoms with Crippen LogP contribution in [0.4, 0.5) is 24.5 Å². The summed E-state index contributed by atoms with van der Waals surface area (Å²) in [5.74, 6) is 0.786. The molecule has 0 aliphatic heterocycles. The maximum absolute atomic E-state index is 12.8. The number of furan rings is 1. The Bertz CT molecular complexity index is 1050. The lowest BCUT2D eigenvalue weighted by Gasteiger charge is -2.08. The van der Waals surface area contributed by atoms with Gasteiger partial charge in [-0.25, -0.2) is 0 Å². The molecule has 2 heterocycles. The van der Waals surface area contributed by atoms with E-state index in [1.54, 1.807) is 12.3 Å². The second-order valence-electron chi connectivity index (χ2n) is 6.35. The normalized spacial score (nSPS) is 11.9. The molecule has 0 aliphatic rings. The Morgan fingerprint density at radius 2 is 2.03 bits per heavy atom. The molecular formula is C19H17F3N4O3. The molecule has 152 valence electrons. The summed E-state index contributed by atoms with van der Waals surface area (Å²) in [6, 6.07) is 7.76. The Hall–Kier alpha value is -3.56. The van der Waals surface area contributed by atoms with Crippen molar-refractivity contribution in [3.8, 4) is 0 Å². The fraction of sp³-hybridized carbons (Fsp3) is 0.211. The number of rotatable bonds is 6. The molecule has 7 nitrogen and oxygen atoms in total. The standard InChI is InChI=1S/C19H17F3N4O3/c1-12-8-14(13(2)25(12)11-16-4-3-7-29-16)10-23-24-17-6-5-15(19(20,21)22)9-18(17)26(27)28/h3-10,24H,11H2,1-2H3/b23-10-. The number of alkyl halides is 3. The van der Waals surface area contributed by atoms with Gasteiger partial charge in [-0.3, -0.25) is 15.5 Å². The molecule has 3 rings (SSSR count). The van der Waals surface area contributed by atoms with E-state index in [2.05, 4.69) is 10.5 Å². The van der Waals surface area contributed by atoms with E-state index in [0.29, 0.717) is 12.6 Å². The lowest BCUT2D eigenvalue weighted by Crippen LogP contribution is -2.06. The molecule has 0 saturated carbocycles. The molecule has 0 fully saturated rings. The van der Waals surface area contributed by atoms with E-state index in [-0.39, 0.29) is 5.69 Å². The van der Waals surface area contributed by atoms with E-state index in [9.17, 15) is 23.3 Å². The average molecular weight is 406 g/mol. The van der Waals surface area contributed by atoms with Crippen LogP contribution in [0.1, 0.15) is 28.3 Å². The molecule has 1 aromatic carbocycles. The van der Waals surface area contributed by atoms with Gasteiger partial charge in [-0.05, 0) is 44.2 Å². The van der Waals surface area contributed by atoms with Crippen molar-refractivity contribution in [3.63, 3.8) is 0 Å². The minimum Gasteiger partial charge on any atom is -0.467 e. The molecule has 3 aromatic rings. The zero-order chi connectivity index (χ0) is 21.2. The highest BCUT2D eigenvalue weighted by atomic mass is 19.4. The van der Waals surface area contributed by atoms with Crippen LogP contribution in [0.5, 0.6) is 0 Å². The summed E-state index contributed by atoms with van der Waals surface area (Å²) < 4.78 is 45.7. The van der Waals surface area contributed by atoms with Crippen molar-refractivity contribution in [2.45, 2.75) is 26.6 Å². The highest BCUT2D eigenvalue weighted by Crippen LogP contribution is 2.35. The lowest BCUT2D eigenvalue weighted by molar-refractivity contribution is -0.384. The number of aromatic nitrogens is 1. The van der Waals surface area contributed by atoms with Crippen LogP contribution in [0.15, 0.2) is 52.2 Å². The summed E-state index contributed by atoms with van der Waals surface area (Å²) in [4.78, 5) is 10.2. The smallest absolute Gasteiger partial charge is 0.416 e. The quantitative estimate of drug-likeness (QED) is 0.350. The van der Waals surface area contributed by atoms with Gasteiger partial charge in [-0.1, -0.05) is 0 Å². The second kappa shape index (κ2) is 7.82. The highest BCUT2D eigenvalue weighted by molar-refractivity contribution is 5.82. The van der Waals surface area contributed by atoms with Crippen LogP contribution in [0.25, 0.3) is 0 Å². The highest BCUT2D eigenvalue weighted by Gasteiger charge is 2.33. The van der Waals surface area contributed by atoms with Gasteiger partial charge in [0.25, 0.3) is 5.69 Å². The van der Waals surface area contributed by atoms with Crippen LogP contribution in [0, 0.1) is 24.0 Å². The number of halogens is 3. The molecule has 2 aromatic heterocycles. The third-order valence-electron chi connectivity index (χ3n) is 4.42. The van der Waals surface area contributed by atoms with E-state index in [1.807, 2.05) is 30.5 Å². The van der Waals surface area contributed by atoms with Crippen molar-refractivity contribution in [1.82, 2.24) is 4.57 Å². The SMILES string of the molecule is Cc1cc(/C=N\Nc2ccc(C(F)(F)F)cc2[N+](=O)[O-])c(C)n1Cc1ccco1. The van der Waals surface area contributed by atoms with Crippen molar-refractivity contribution in [2.24, 2.45) is 5.10 Å². The monoisotopic (exact) mass is 406 g/mol. The number of benzene rings is 1. The second-order valence-corrected chi connectivity index (χ2v) is 6.35. The van der Waals surface area contributed by atoms with E-state index in [1.165, 1.54) is 6.21 Å². The number of aryl methyl sites for hydroxylation is 1. The number of hydrazone groups is 1. The number of hydrogen-bond donors (Lipinski definition) is 1. The van der Waals surface area contributed by atoms with Crippen molar-refractivity contribution >= 4 is 17.6 Å². The van der Waals surface area contributed by atoms with Crippen LogP contribution >= 0.6 is 0 Å². The van der Waals surface area contributed by atoms with Gasteiger partial charge in [-0.15, -0.1) is 0 Å². The number of anilines is 1. The molecule has 0 aliphatic carbocycles. The van der Waals surface area contributed by atoms with Gasteiger partial charge < -0.3 is 8.98 Å². The van der Waals surface area contributed by atoms with Gasteiger partial charge in [0.05, 0.1) is 29.5 Å². The Morgan fingerprint density at radius 3 is 2.66 bits per heavy atom. The zero-order valence-electron chi connectivity index (χ0n) is 15.5. The number of nitrogens with one attached hydrogen (secondary N) is 1. The van der Waals surface area contributed by atoms with Crippen LogP contribution in [-0.2, 0) is 12.7 Å². The van der Waals surface area contributed by atoms with E-state index < -0.39 is 22.4 Å². The zero-order valence-corrected chi connectivity index (χ0v) is 15.5. The minimum atomic E-state index is -4.67. The third-order valence-corrected chi connectivity index (χ3v) is 4.42. The van der Waals surface area contributed by atoms with Gasteiger partial charge in [0.15, 0.2) is 0 Å². The van der Waals surface area contributed by atoms with Crippen molar-refractivity contribution in [1.29, 1.82) is 0 Å². The van der Waals surface area contributed by atoms with E-state index in [0.717, 1.165) is 34.8 Å². The number of nitro groups is 1. The first-order valence-corrected chi connectivity index (χ1v) is 8.50. The Morgan fingerprint density at radius 1 is 1.28 bits per heavy atom. The molecule has 0 bridgehead atoms. The van der Waals surface area contributed by atoms with Gasteiger partial charge in [0.1, 0.15) is 11.4 Å². The Balaban J connectivity index is 1.80. The fourth-order valence-electron chi connectivity index (χ4n) is 2.89. The number of nitrogens with zero attached hydrogens (tertiary/aromatic N) is 3. The molecule has 0 amide bonds. The largest absolute Gasteiger partial charge is 0.467 e. The summed E-state index contributed by atoms with van der Waals surface area (Å²) in [7, 11) is 0. The van der Waals surface area contributed by atoms with Crippen LogP contribution in [0.2, 0.25) is 0 Å². The van der Waals surface area contributed by atoms with E-state index >= 15 is 0 Å².